The number of aryl methyl sites for hydroxylation is 1. The molecule has 3 aromatic rings. The lowest BCUT2D eigenvalue weighted by Crippen LogP contribution is -2.46. The van der Waals surface area contributed by atoms with Gasteiger partial charge in [-0.25, -0.2) is 4.39 Å². The smallest absolute Gasteiger partial charge is 0.256 e. The summed E-state index contributed by atoms with van der Waals surface area (Å²) in [6.45, 7) is 6.69. The topological polar surface area (TPSA) is 90.8 Å². The van der Waals surface area contributed by atoms with Crippen LogP contribution in [0.25, 0.3) is 5.65 Å². The van der Waals surface area contributed by atoms with E-state index in [0.29, 0.717) is 50.3 Å². The number of hydrogen-bond acceptors (Lipinski definition) is 6. The van der Waals surface area contributed by atoms with Crippen LogP contribution in [0.4, 0.5) is 10.1 Å². The Bertz CT molecular complexity index is 1260. The summed E-state index contributed by atoms with van der Waals surface area (Å²) in [6.07, 6.45) is 4.00. The van der Waals surface area contributed by atoms with Crippen molar-refractivity contribution in [2.45, 2.75) is 33.2 Å². The van der Waals surface area contributed by atoms with Gasteiger partial charge in [0.15, 0.2) is 17.2 Å². The highest BCUT2D eigenvalue weighted by atomic mass is 19.1. The molecule has 1 saturated heterocycles. The van der Waals surface area contributed by atoms with Crippen LogP contribution in [0.5, 0.6) is 0 Å². The monoisotopic (exact) mass is 439 g/mol. The lowest BCUT2D eigenvalue weighted by Gasteiger charge is -2.36. The van der Waals surface area contributed by atoms with Gasteiger partial charge in [0.25, 0.3) is 11.1 Å². The number of hydrogen-bond donors (Lipinski definition) is 1. The van der Waals surface area contributed by atoms with Crippen LogP contribution in [-0.4, -0.2) is 51.2 Å². The quantitative estimate of drug-likeness (QED) is 0.591. The van der Waals surface area contributed by atoms with Gasteiger partial charge >= 0.3 is 0 Å². The Kier molecular flexibility index (Phi) is 6.18. The summed E-state index contributed by atoms with van der Waals surface area (Å²) in [5, 5.41) is 0. The number of H-pyrrole nitrogens is 1. The maximum atomic E-state index is 15.1. The Hall–Kier alpha value is -3.33. The number of aromatic amines is 1. The number of carbonyl (C=O) groups is 1. The molecule has 1 fully saturated rings. The first kappa shape index (κ1) is 21.9. The summed E-state index contributed by atoms with van der Waals surface area (Å²) in [5.74, 6) is -0.561. The maximum absolute atomic E-state index is 15.1. The summed E-state index contributed by atoms with van der Waals surface area (Å²) in [4.78, 5) is 47.4. The molecule has 0 atom stereocenters. The first-order chi connectivity index (χ1) is 15.4. The molecule has 0 amide bonds. The van der Waals surface area contributed by atoms with Crippen LogP contribution in [0, 0.1) is 5.82 Å². The Morgan fingerprint density at radius 1 is 1.12 bits per heavy atom. The van der Waals surface area contributed by atoms with Crippen molar-refractivity contribution < 1.29 is 9.18 Å². The minimum atomic E-state index is -0.577. The molecule has 4 heterocycles. The van der Waals surface area contributed by atoms with Crippen LogP contribution < -0.4 is 16.0 Å². The largest absolute Gasteiger partial charge is 0.368 e. The zero-order chi connectivity index (χ0) is 22.8. The minimum Gasteiger partial charge on any atom is -0.368 e. The van der Waals surface area contributed by atoms with E-state index in [1.807, 2.05) is 13.0 Å². The van der Waals surface area contributed by atoms with Gasteiger partial charge in [-0.15, -0.1) is 0 Å². The number of nitrogens with one attached hydrogen (secondary N) is 1. The SMILES string of the molecule is CCC(=O)c1ccc(N2CCN(Cc3cc(=O)n4cc(CC)c(=O)[nH]c4c3F)CC2)cn1. The Morgan fingerprint density at radius 2 is 1.88 bits per heavy atom. The number of fused-ring (bicyclic) bond motifs is 1. The second kappa shape index (κ2) is 9.04. The molecule has 4 rings (SSSR count). The Morgan fingerprint density at radius 3 is 2.50 bits per heavy atom. The first-order valence-corrected chi connectivity index (χ1v) is 10.8. The highest BCUT2D eigenvalue weighted by molar-refractivity contribution is 5.94. The van der Waals surface area contributed by atoms with Crippen LogP contribution in [0.3, 0.4) is 0 Å². The number of piperazine rings is 1. The van der Waals surface area contributed by atoms with Crippen LogP contribution in [0.15, 0.2) is 40.2 Å². The van der Waals surface area contributed by atoms with E-state index in [1.165, 1.54) is 12.3 Å². The molecule has 3 aromatic heterocycles. The number of anilines is 1. The molecule has 0 bridgehead atoms. The molecule has 1 N–H and O–H groups in total. The third kappa shape index (κ3) is 4.20. The summed E-state index contributed by atoms with van der Waals surface area (Å²) < 4.78 is 16.3. The maximum Gasteiger partial charge on any atom is 0.256 e. The molecule has 0 unspecified atom stereocenters. The molecule has 0 radical (unpaired) electrons. The molecule has 8 nitrogen and oxygen atoms in total. The van der Waals surface area contributed by atoms with Crippen molar-refractivity contribution in [3.05, 3.63) is 73.9 Å². The lowest BCUT2D eigenvalue weighted by atomic mass is 10.2. The van der Waals surface area contributed by atoms with E-state index in [1.54, 1.807) is 19.2 Å². The van der Waals surface area contributed by atoms with Crippen LogP contribution >= 0.6 is 0 Å². The molecule has 0 spiro atoms. The van der Waals surface area contributed by atoms with Crippen molar-refractivity contribution in [3.63, 3.8) is 0 Å². The molecule has 0 aromatic carbocycles. The van der Waals surface area contributed by atoms with Gasteiger partial charge in [0.1, 0.15) is 5.69 Å². The number of ketones is 1. The summed E-state index contributed by atoms with van der Waals surface area (Å²) in [7, 11) is 0. The number of pyridine rings is 2. The second-order valence-corrected chi connectivity index (χ2v) is 7.94. The predicted octanol–water partition coefficient (Wildman–Crippen LogP) is 2.00. The van der Waals surface area contributed by atoms with E-state index in [4.69, 9.17) is 0 Å². The van der Waals surface area contributed by atoms with Crippen molar-refractivity contribution in [1.82, 2.24) is 19.3 Å². The molecule has 168 valence electrons. The number of rotatable bonds is 6. The highest BCUT2D eigenvalue weighted by Crippen LogP contribution is 2.18. The van der Waals surface area contributed by atoms with Crippen LogP contribution in [0.2, 0.25) is 0 Å². The second-order valence-electron chi connectivity index (χ2n) is 7.94. The molecule has 1 aliphatic rings. The van der Waals surface area contributed by atoms with Gasteiger partial charge in [0, 0.05) is 62.5 Å². The van der Waals surface area contributed by atoms with Crippen molar-refractivity contribution in [2.75, 3.05) is 31.1 Å². The Labute approximate surface area is 184 Å². The van der Waals surface area contributed by atoms with E-state index < -0.39 is 5.82 Å². The zero-order valence-corrected chi connectivity index (χ0v) is 18.2. The van der Waals surface area contributed by atoms with Gasteiger partial charge in [-0.1, -0.05) is 13.8 Å². The Balaban J connectivity index is 1.47. The predicted molar refractivity (Wildman–Crippen MR) is 120 cm³/mol. The minimum absolute atomic E-state index is 0.0157. The van der Waals surface area contributed by atoms with E-state index in [-0.39, 0.29) is 34.7 Å². The molecular weight excluding hydrogens is 413 g/mol. The van der Waals surface area contributed by atoms with E-state index in [2.05, 4.69) is 19.8 Å². The lowest BCUT2D eigenvalue weighted by molar-refractivity contribution is 0.0983. The number of nitrogens with zero attached hydrogens (tertiary/aromatic N) is 4. The normalized spacial score (nSPS) is 14.8. The van der Waals surface area contributed by atoms with Crippen LogP contribution in [0.1, 0.15) is 41.9 Å². The number of halogens is 1. The fourth-order valence-electron chi connectivity index (χ4n) is 3.99. The van der Waals surface area contributed by atoms with Gasteiger partial charge in [0.05, 0.1) is 11.9 Å². The average Bonchev–Trinajstić information content (AvgIpc) is 2.82. The summed E-state index contributed by atoms with van der Waals surface area (Å²) in [5.41, 5.74) is 1.28. The van der Waals surface area contributed by atoms with E-state index in [0.717, 1.165) is 10.1 Å². The van der Waals surface area contributed by atoms with Gasteiger partial charge in [-0.2, -0.15) is 0 Å². The highest BCUT2D eigenvalue weighted by Gasteiger charge is 2.21. The summed E-state index contributed by atoms with van der Waals surface area (Å²) in [6, 6.07) is 4.95. The molecule has 0 saturated carbocycles. The average molecular weight is 439 g/mol. The molecule has 0 aliphatic carbocycles. The summed E-state index contributed by atoms with van der Waals surface area (Å²) >= 11 is 0. The fraction of sp³-hybridized carbons (Fsp3) is 0.391. The van der Waals surface area contributed by atoms with Crippen molar-refractivity contribution in [1.29, 1.82) is 0 Å². The number of aromatic nitrogens is 3. The molecular formula is C23H26FN5O3. The van der Waals surface area contributed by atoms with Gasteiger partial charge in [-0.05, 0) is 18.6 Å². The van der Waals surface area contributed by atoms with Gasteiger partial charge in [0.2, 0.25) is 0 Å². The third-order valence-electron chi connectivity index (χ3n) is 5.94. The fourth-order valence-corrected chi connectivity index (χ4v) is 3.99. The molecule has 1 aliphatic heterocycles. The van der Waals surface area contributed by atoms with Gasteiger partial charge in [-0.3, -0.25) is 28.7 Å². The van der Waals surface area contributed by atoms with E-state index >= 15 is 4.39 Å². The number of Topliss-reactive ketones (excluding diaryl/α,β-unsaturated/α-hetero) is 1. The zero-order valence-electron chi connectivity index (χ0n) is 18.2. The van der Waals surface area contributed by atoms with Crippen molar-refractivity contribution in [3.8, 4) is 0 Å². The molecule has 32 heavy (non-hydrogen) atoms. The first-order valence-electron chi connectivity index (χ1n) is 10.8. The molecule has 9 heteroatoms. The third-order valence-corrected chi connectivity index (χ3v) is 5.94. The van der Waals surface area contributed by atoms with Crippen LogP contribution in [-0.2, 0) is 13.0 Å². The van der Waals surface area contributed by atoms with E-state index in [9.17, 15) is 14.4 Å². The van der Waals surface area contributed by atoms with Gasteiger partial charge < -0.3 is 9.88 Å². The standard InChI is InChI=1S/C23H26FN5O3/c1-3-15-14-29-20(31)11-16(21(24)22(29)26-23(15)32)13-27-7-9-28(10-8-27)17-5-6-18(25-12-17)19(30)4-2/h5-6,11-12,14H,3-4,7-10,13H2,1-2H3,(H,26,32). The van der Waals surface area contributed by atoms with Crippen molar-refractivity contribution in [2.24, 2.45) is 0 Å². The number of carbonyl (C=O) groups excluding carboxylic acids is 1. The van der Waals surface area contributed by atoms with Crippen molar-refractivity contribution >= 4 is 17.1 Å².